The molecule has 2 atom stereocenters. The zero-order valence-corrected chi connectivity index (χ0v) is 19.7. The minimum Gasteiger partial charge on any atom is -0.494 e. The molecule has 2 unspecified atom stereocenters. The summed E-state index contributed by atoms with van der Waals surface area (Å²) in [5, 5.41) is 0. The zero-order chi connectivity index (χ0) is 24.2. The molecule has 1 saturated carbocycles. The van der Waals surface area contributed by atoms with Gasteiger partial charge in [0, 0.05) is 0 Å². The molecular weight excluding hydrogens is 440 g/mol. The molecule has 0 amide bonds. The van der Waals surface area contributed by atoms with Gasteiger partial charge >= 0.3 is 11.9 Å². The van der Waals surface area contributed by atoms with Gasteiger partial charge in [-0.25, -0.2) is 9.59 Å². The van der Waals surface area contributed by atoms with Gasteiger partial charge in [-0.15, -0.1) is 0 Å². The fourth-order valence-electron chi connectivity index (χ4n) is 3.40. The number of benzene rings is 2. The highest BCUT2D eigenvalue weighted by atomic mass is 17.2. The molecule has 0 N–H and O–H groups in total. The Hall–Kier alpha value is -3.10. The third-order valence-corrected chi connectivity index (χ3v) is 5.26. The van der Waals surface area contributed by atoms with E-state index in [1.807, 2.05) is 13.8 Å². The van der Waals surface area contributed by atoms with E-state index in [0.29, 0.717) is 48.7 Å². The molecule has 0 radical (unpaired) electrons. The van der Waals surface area contributed by atoms with Gasteiger partial charge in [-0.1, -0.05) is 26.7 Å². The maximum atomic E-state index is 12.3. The van der Waals surface area contributed by atoms with Crippen LogP contribution in [0.25, 0.3) is 0 Å². The highest BCUT2D eigenvalue weighted by molar-refractivity contribution is 5.89. The molecule has 8 nitrogen and oxygen atoms in total. The van der Waals surface area contributed by atoms with E-state index in [1.54, 1.807) is 48.5 Å². The van der Waals surface area contributed by atoms with Crippen LogP contribution >= 0.6 is 0 Å². The van der Waals surface area contributed by atoms with Crippen LogP contribution in [-0.2, 0) is 19.6 Å². The molecule has 1 fully saturated rings. The maximum Gasteiger partial charge on any atom is 0.373 e. The fraction of sp³-hybridized carbons (Fsp3) is 0.462. The third-order valence-electron chi connectivity index (χ3n) is 5.26. The highest BCUT2D eigenvalue weighted by Gasteiger charge is 2.31. The van der Waals surface area contributed by atoms with Crippen LogP contribution in [0.5, 0.6) is 11.5 Å². The molecule has 1 aliphatic carbocycles. The van der Waals surface area contributed by atoms with Crippen LogP contribution < -0.4 is 9.47 Å². The second-order valence-corrected chi connectivity index (χ2v) is 8.04. The number of rotatable bonds is 12. The van der Waals surface area contributed by atoms with E-state index in [-0.39, 0.29) is 0 Å². The first-order valence-corrected chi connectivity index (χ1v) is 11.8. The molecule has 0 aromatic heterocycles. The molecule has 3 rings (SSSR count). The van der Waals surface area contributed by atoms with Gasteiger partial charge in [-0.3, -0.25) is 9.78 Å². The van der Waals surface area contributed by atoms with E-state index in [9.17, 15) is 9.59 Å². The predicted octanol–water partition coefficient (Wildman–Crippen LogP) is 5.45. The minimum absolute atomic E-state index is 0.343. The van der Waals surface area contributed by atoms with Crippen LogP contribution in [0.2, 0.25) is 0 Å². The lowest BCUT2D eigenvalue weighted by atomic mass is 9.95. The minimum atomic E-state index is -0.617. The molecule has 0 bridgehead atoms. The topological polar surface area (TPSA) is 89.5 Å². The molecule has 0 saturated heterocycles. The van der Waals surface area contributed by atoms with Gasteiger partial charge in [0.25, 0.3) is 0 Å². The summed E-state index contributed by atoms with van der Waals surface area (Å²) < 4.78 is 11.0. The van der Waals surface area contributed by atoms with Crippen molar-refractivity contribution < 1.29 is 38.6 Å². The van der Waals surface area contributed by atoms with Gasteiger partial charge < -0.3 is 9.47 Å². The summed E-state index contributed by atoms with van der Waals surface area (Å²) in [6.45, 7) is 5.26. The smallest absolute Gasteiger partial charge is 0.373 e. The Labute approximate surface area is 199 Å². The average molecular weight is 473 g/mol. The fourth-order valence-corrected chi connectivity index (χ4v) is 3.40. The number of carbonyl (C=O) groups excluding carboxylic acids is 2. The molecule has 8 heteroatoms. The van der Waals surface area contributed by atoms with Crippen molar-refractivity contribution in [2.45, 2.75) is 64.6 Å². The van der Waals surface area contributed by atoms with E-state index in [2.05, 4.69) is 0 Å². The van der Waals surface area contributed by atoms with Gasteiger partial charge in [0.2, 0.25) is 0 Å². The Balaban J connectivity index is 1.47. The number of ether oxygens (including phenoxy) is 2. The van der Waals surface area contributed by atoms with Crippen molar-refractivity contribution in [3.05, 3.63) is 59.7 Å². The van der Waals surface area contributed by atoms with Crippen molar-refractivity contribution in [2.24, 2.45) is 0 Å². The summed E-state index contributed by atoms with van der Waals surface area (Å²) in [6, 6.07) is 13.3. The van der Waals surface area contributed by atoms with Crippen LogP contribution in [0.4, 0.5) is 0 Å². The van der Waals surface area contributed by atoms with Crippen molar-refractivity contribution in [3.63, 3.8) is 0 Å². The zero-order valence-electron chi connectivity index (χ0n) is 19.7. The Kier molecular flexibility index (Phi) is 10.2. The summed E-state index contributed by atoms with van der Waals surface area (Å²) >= 11 is 0. The lowest BCUT2D eigenvalue weighted by molar-refractivity contribution is -0.352. The SMILES string of the molecule is CCCOc1ccc(C(=O)OOC2CCCCC2OOC(=O)c2ccc(OCCC)cc2)cc1. The number of carbonyl (C=O) groups is 2. The Morgan fingerprint density at radius 1 is 0.676 bits per heavy atom. The second-order valence-electron chi connectivity index (χ2n) is 8.04. The van der Waals surface area contributed by atoms with Crippen molar-refractivity contribution in [3.8, 4) is 11.5 Å². The molecule has 0 spiro atoms. The standard InChI is InChI=1S/C26H32O8/c1-3-17-29-21-13-9-19(10-14-21)25(27)33-31-23-7-5-6-8-24(23)32-34-26(28)20-11-15-22(16-12-20)30-18-4-2/h9-16,23-24H,3-8,17-18H2,1-2H3. The first-order valence-electron chi connectivity index (χ1n) is 11.8. The summed E-state index contributed by atoms with van der Waals surface area (Å²) in [7, 11) is 0. The third kappa shape index (κ3) is 7.74. The molecule has 34 heavy (non-hydrogen) atoms. The normalized spacial score (nSPS) is 17.6. The molecular formula is C26H32O8. The first kappa shape index (κ1) is 25.5. The summed E-state index contributed by atoms with van der Waals surface area (Å²) in [6.07, 6.45) is 3.73. The van der Waals surface area contributed by atoms with Crippen LogP contribution in [0.1, 0.15) is 73.1 Å². The summed E-state index contributed by atoms with van der Waals surface area (Å²) in [4.78, 5) is 45.5. The number of hydrogen-bond donors (Lipinski definition) is 0. The van der Waals surface area contributed by atoms with E-state index < -0.39 is 24.1 Å². The van der Waals surface area contributed by atoms with Crippen molar-refractivity contribution in [1.82, 2.24) is 0 Å². The van der Waals surface area contributed by atoms with Crippen molar-refractivity contribution >= 4 is 11.9 Å². The van der Waals surface area contributed by atoms with Crippen LogP contribution in [0, 0.1) is 0 Å². The average Bonchev–Trinajstić information content (AvgIpc) is 2.89. The summed E-state index contributed by atoms with van der Waals surface area (Å²) in [5.41, 5.74) is 0.685. The molecule has 2 aromatic rings. The van der Waals surface area contributed by atoms with E-state index in [1.165, 1.54) is 0 Å². The van der Waals surface area contributed by atoms with Gasteiger partial charge in [0.1, 0.15) is 23.7 Å². The predicted molar refractivity (Wildman–Crippen MR) is 124 cm³/mol. The largest absolute Gasteiger partial charge is 0.494 e. The molecule has 1 aliphatic rings. The van der Waals surface area contributed by atoms with Gasteiger partial charge in [-0.05, 0) is 74.2 Å². The second kappa shape index (κ2) is 13.6. The van der Waals surface area contributed by atoms with Gasteiger partial charge in [0.15, 0.2) is 0 Å². The molecule has 0 aliphatic heterocycles. The number of hydrogen-bond acceptors (Lipinski definition) is 8. The van der Waals surface area contributed by atoms with Crippen LogP contribution in [0.15, 0.2) is 48.5 Å². The highest BCUT2D eigenvalue weighted by Crippen LogP contribution is 2.25. The Morgan fingerprint density at radius 3 is 1.41 bits per heavy atom. The first-order chi connectivity index (χ1) is 16.6. The van der Waals surface area contributed by atoms with Crippen LogP contribution in [-0.4, -0.2) is 37.4 Å². The monoisotopic (exact) mass is 472 g/mol. The summed E-state index contributed by atoms with van der Waals surface area (Å²) in [5.74, 6) is 0.137. The Bertz CT molecular complexity index is 819. The lowest BCUT2D eigenvalue weighted by Crippen LogP contribution is -2.36. The van der Waals surface area contributed by atoms with E-state index in [4.69, 9.17) is 29.0 Å². The quantitative estimate of drug-likeness (QED) is 0.297. The Morgan fingerprint density at radius 2 is 1.06 bits per heavy atom. The van der Waals surface area contributed by atoms with Crippen LogP contribution in [0.3, 0.4) is 0 Å². The molecule has 0 heterocycles. The lowest BCUT2D eigenvalue weighted by Gasteiger charge is -2.28. The molecule has 184 valence electrons. The molecule has 2 aromatic carbocycles. The van der Waals surface area contributed by atoms with Gasteiger partial charge in [-0.2, -0.15) is 9.78 Å². The van der Waals surface area contributed by atoms with Gasteiger partial charge in [0.05, 0.1) is 24.3 Å². The maximum absolute atomic E-state index is 12.3. The van der Waals surface area contributed by atoms with E-state index >= 15 is 0 Å². The van der Waals surface area contributed by atoms with Crippen molar-refractivity contribution in [2.75, 3.05) is 13.2 Å². The van der Waals surface area contributed by atoms with Crippen molar-refractivity contribution in [1.29, 1.82) is 0 Å². The van der Waals surface area contributed by atoms with E-state index in [0.717, 1.165) is 25.7 Å².